The summed E-state index contributed by atoms with van der Waals surface area (Å²) >= 11 is 0. The van der Waals surface area contributed by atoms with Crippen molar-refractivity contribution in [1.82, 2.24) is 10.1 Å². The van der Waals surface area contributed by atoms with Gasteiger partial charge in [-0.15, -0.1) is 0 Å². The number of benzene rings is 1. The number of aromatic nitrogens is 1. The highest BCUT2D eigenvalue weighted by Crippen LogP contribution is 2.24. The lowest BCUT2D eigenvalue weighted by atomic mass is 10.1. The lowest BCUT2D eigenvalue weighted by Gasteiger charge is -2.19. The molecule has 0 N–H and O–H groups in total. The third-order valence-corrected chi connectivity index (χ3v) is 3.74. The van der Waals surface area contributed by atoms with Gasteiger partial charge in [0.2, 0.25) is 0 Å². The van der Waals surface area contributed by atoms with Gasteiger partial charge in [0.25, 0.3) is 5.91 Å². The molecule has 110 valence electrons. The second-order valence-electron chi connectivity index (χ2n) is 5.35. The topological polar surface area (TPSA) is 55.6 Å². The fourth-order valence-corrected chi connectivity index (χ4v) is 2.59. The maximum Gasteiger partial charge on any atom is 0.259 e. The van der Waals surface area contributed by atoms with Gasteiger partial charge in [-0.2, -0.15) is 0 Å². The van der Waals surface area contributed by atoms with Gasteiger partial charge in [-0.3, -0.25) is 4.79 Å². The highest BCUT2D eigenvalue weighted by atomic mass is 16.5. The molecule has 5 nitrogen and oxygen atoms in total. The fraction of sp³-hybridized carbons (Fsp3) is 0.375. The van der Waals surface area contributed by atoms with Gasteiger partial charge in [0.05, 0.1) is 12.8 Å². The number of hydrogen-bond donors (Lipinski definition) is 0. The van der Waals surface area contributed by atoms with Gasteiger partial charge in [0, 0.05) is 31.7 Å². The first-order valence-corrected chi connectivity index (χ1v) is 7.09. The molecule has 0 radical (unpaired) electrons. The van der Waals surface area contributed by atoms with Crippen molar-refractivity contribution in [3.63, 3.8) is 0 Å². The van der Waals surface area contributed by atoms with Crippen molar-refractivity contribution >= 4 is 5.91 Å². The standard InChI is InChI=1S/C16H18N2O3/c1-18(10-12-7-8-20-11-12)16(19)14-9-17-21-15(14)13-5-3-2-4-6-13/h2-6,9,12H,7-8,10-11H2,1H3/t12-/m0/s1. The molecule has 1 aliphatic rings. The Labute approximate surface area is 123 Å². The Hall–Kier alpha value is -2.14. The summed E-state index contributed by atoms with van der Waals surface area (Å²) in [5, 5.41) is 3.79. The molecule has 0 bridgehead atoms. The molecule has 1 aromatic carbocycles. The average Bonchev–Trinajstić information content (AvgIpc) is 3.18. The summed E-state index contributed by atoms with van der Waals surface area (Å²) in [5.74, 6) is 0.871. The van der Waals surface area contributed by atoms with Gasteiger partial charge in [-0.05, 0) is 6.42 Å². The molecule has 1 atom stereocenters. The fourth-order valence-electron chi connectivity index (χ4n) is 2.59. The zero-order chi connectivity index (χ0) is 14.7. The Kier molecular flexibility index (Phi) is 4.01. The number of ether oxygens (including phenoxy) is 1. The van der Waals surface area contributed by atoms with E-state index in [1.165, 1.54) is 6.20 Å². The van der Waals surface area contributed by atoms with Crippen LogP contribution in [0.3, 0.4) is 0 Å². The van der Waals surface area contributed by atoms with Crippen LogP contribution < -0.4 is 0 Å². The molecule has 0 saturated carbocycles. The molecule has 0 aliphatic carbocycles. The quantitative estimate of drug-likeness (QED) is 0.866. The smallest absolute Gasteiger partial charge is 0.259 e. The van der Waals surface area contributed by atoms with Crippen LogP contribution in [-0.4, -0.2) is 42.8 Å². The van der Waals surface area contributed by atoms with Gasteiger partial charge >= 0.3 is 0 Å². The van der Waals surface area contributed by atoms with E-state index in [2.05, 4.69) is 5.16 Å². The molecule has 2 aromatic rings. The molecule has 3 rings (SSSR count). The van der Waals surface area contributed by atoms with Crippen molar-refractivity contribution in [2.45, 2.75) is 6.42 Å². The van der Waals surface area contributed by atoms with Crippen molar-refractivity contribution in [2.24, 2.45) is 5.92 Å². The van der Waals surface area contributed by atoms with Gasteiger partial charge in [0.1, 0.15) is 5.56 Å². The van der Waals surface area contributed by atoms with Crippen molar-refractivity contribution in [1.29, 1.82) is 0 Å². The van der Waals surface area contributed by atoms with Crippen LogP contribution >= 0.6 is 0 Å². The molecule has 1 amide bonds. The van der Waals surface area contributed by atoms with Gasteiger partial charge in [-0.25, -0.2) is 0 Å². The number of carbonyl (C=O) groups excluding carboxylic acids is 1. The minimum atomic E-state index is -0.0676. The second-order valence-corrected chi connectivity index (χ2v) is 5.35. The van der Waals surface area contributed by atoms with Crippen LogP contribution in [0.1, 0.15) is 16.8 Å². The van der Waals surface area contributed by atoms with Crippen LogP contribution in [-0.2, 0) is 4.74 Å². The summed E-state index contributed by atoms with van der Waals surface area (Å²) in [6.45, 7) is 2.21. The molecule has 0 unspecified atom stereocenters. The van der Waals surface area contributed by atoms with E-state index >= 15 is 0 Å². The molecule has 1 saturated heterocycles. The zero-order valence-electron chi connectivity index (χ0n) is 12.0. The Morgan fingerprint density at radius 3 is 2.90 bits per heavy atom. The van der Waals surface area contributed by atoms with Gasteiger partial charge < -0.3 is 14.2 Å². The Morgan fingerprint density at radius 1 is 1.38 bits per heavy atom. The predicted molar refractivity (Wildman–Crippen MR) is 77.8 cm³/mol. The van der Waals surface area contributed by atoms with Gasteiger partial charge in [0.15, 0.2) is 5.76 Å². The molecule has 1 fully saturated rings. The normalized spacial score (nSPS) is 17.9. The first kappa shape index (κ1) is 13.8. The number of carbonyl (C=O) groups is 1. The highest BCUT2D eigenvalue weighted by molar-refractivity contribution is 5.99. The molecule has 0 spiro atoms. The van der Waals surface area contributed by atoms with E-state index in [4.69, 9.17) is 9.26 Å². The van der Waals surface area contributed by atoms with E-state index in [0.717, 1.165) is 25.2 Å². The summed E-state index contributed by atoms with van der Waals surface area (Å²) in [4.78, 5) is 14.3. The summed E-state index contributed by atoms with van der Waals surface area (Å²) in [6, 6.07) is 9.55. The summed E-state index contributed by atoms with van der Waals surface area (Å²) in [5.41, 5.74) is 1.36. The molecule has 2 heterocycles. The van der Waals surface area contributed by atoms with Crippen molar-refractivity contribution in [3.05, 3.63) is 42.1 Å². The molecule has 1 aliphatic heterocycles. The minimum Gasteiger partial charge on any atom is -0.381 e. The lowest BCUT2D eigenvalue weighted by molar-refractivity contribution is 0.0766. The summed E-state index contributed by atoms with van der Waals surface area (Å²) < 4.78 is 10.6. The molecule has 5 heteroatoms. The third kappa shape index (κ3) is 2.97. The van der Waals surface area contributed by atoms with Crippen molar-refractivity contribution in [2.75, 3.05) is 26.8 Å². The van der Waals surface area contributed by atoms with Crippen LogP contribution in [0.15, 0.2) is 41.1 Å². The minimum absolute atomic E-state index is 0.0676. The van der Waals surface area contributed by atoms with E-state index in [9.17, 15) is 4.79 Å². The number of amides is 1. The first-order chi connectivity index (χ1) is 10.3. The van der Waals surface area contributed by atoms with Crippen molar-refractivity contribution in [3.8, 4) is 11.3 Å². The molecular weight excluding hydrogens is 268 g/mol. The Bertz CT molecular complexity index is 603. The lowest BCUT2D eigenvalue weighted by Crippen LogP contribution is -2.32. The second kappa shape index (κ2) is 6.10. The molecule has 21 heavy (non-hydrogen) atoms. The van der Waals surface area contributed by atoms with Crippen LogP contribution in [0.25, 0.3) is 11.3 Å². The summed E-state index contributed by atoms with van der Waals surface area (Å²) in [6.07, 6.45) is 2.50. The maximum atomic E-state index is 12.6. The number of hydrogen-bond acceptors (Lipinski definition) is 4. The van der Waals surface area contributed by atoms with E-state index in [1.54, 1.807) is 4.90 Å². The van der Waals surface area contributed by atoms with E-state index in [1.807, 2.05) is 37.4 Å². The van der Waals surface area contributed by atoms with Crippen LogP contribution in [0, 0.1) is 5.92 Å². The molecule has 1 aromatic heterocycles. The first-order valence-electron chi connectivity index (χ1n) is 7.09. The predicted octanol–water partition coefficient (Wildman–Crippen LogP) is 2.45. The van der Waals surface area contributed by atoms with E-state index in [-0.39, 0.29) is 5.91 Å². The SMILES string of the molecule is CN(C[C@@H]1CCOC1)C(=O)c1cnoc1-c1ccccc1. The van der Waals surface area contributed by atoms with Gasteiger partial charge in [-0.1, -0.05) is 35.5 Å². The number of nitrogens with zero attached hydrogens (tertiary/aromatic N) is 2. The van der Waals surface area contributed by atoms with E-state index < -0.39 is 0 Å². The number of rotatable bonds is 4. The largest absolute Gasteiger partial charge is 0.381 e. The highest BCUT2D eigenvalue weighted by Gasteiger charge is 2.24. The zero-order valence-corrected chi connectivity index (χ0v) is 12.0. The van der Waals surface area contributed by atoms with Crippen molar-refractivity contribution < 1.29 is 14.1 Å². The Morgan fingerprint density at radius 2 is 2.19 bits per heavy atom. The molecular formula is C16H18N2O3. The van der Waals surface area contributed by atoms with Crippen LogP contribution in [0.2, 0.25) is 0 Å². The van der Waals surface area contributed by atoms with Crippen LogP contribution in [0.4, 0.5) is 0 Å². The Balaban J connectivity index is 1.77. The summed E-state index contributed by atoms with van der Waals surface area (Å²) in [7, 11) is 1.81. The third-order valence-electron chi connectivity index (χ3n) is 3.74. The average molecular weight is 286 g/mol. The maximum absolute atomic E-state index is 12.6. The van der Waals surface area contributed by atoms with E-state index in [0.29, 0.717) is 23.8 Å². The monoisotopic (exact) mass is 286 g/mol. The van der Waals surface area contributed by atoms with Crippen LogP contribution in [0.5, 0.6) is 0 Å².